The van der Waals surface area contributed by atoms with E-state index in [-0.39, 0.29) is 13.0 Å². The van der Waals surface area contributed by atoms with E-state index in [0.717, 1.165) is 12.1 Å². The van der Waals surface area contributed by atoms with E-state index >= 15 is 0 Å². The van der Waals surface area contributed by atoms with Gasteiger partial charge in [-0.1, -0.05) is 15.9 Å². The van der Waals surface area contributed by atoms with Crippen LogP contribution in [0.25, 0.3) is 0 Å². The van der Waals surface area contributed by atoms with E-state index in [2.05, 4.69) is 21.2 Å². The Morgan fingerprint density at radius 2 is 2.05 bits per heavy atom. The summed E-state index contributed by atoms with van der Waals surface area (Å²) in [6, 6.07) is 5.49. The third-order valence-corrected chi connectivity index (χ3v) is 4.53. The lowest BCUT2D eigenvalue weighted by molar-refractivity contribution is -0.118. The molecule has 0 radical (unpaired) electrons. The molecule has 1 aromatic rings. The van der Waals surface area contributed by atoms with Gasteiger partial charge in [-0.15, -0.1) is 0 Å². The van der Waals surface area contributed by atoms with Gasteiger partial charge in [-0.25, -0.2) is 13.2 Å². The molecule has 1 rings (SSSR count). The quantitative estimate of drug-likeness (QED) is 0.714. The van der Waals surface area contributed by atoms with Crippen molar-refractivity contribution in [3.63, 3.8) is 0 Å². The molecule has 1 aromatic carbocycles. The molecule has 0 unspecified atom stereocenters. The number of hydrogen-bond acceptors (Lipinski definition) is 5. The number of hydrogen-bond donors (Lipinski definition) is 2. The number of carboxylic acid groups (broad SMARTS) is 1. The molecule has 0 aliphatic heterocycles. The summed E-state index contributed by atoms with van der Waals surface area (Å²) in [7, 11) is -4.10. The van der Waals surface area contributed by atoms with Crippen LogP contribution in [0.2, 0.25) is 0 Å². The Hall–Kier alpha value is -1.92. The number of benzene rings is 1. The molecule has 2 N–H and O–H groups in total. The zero-order valence-electron chi connectivity index (χ0n) is 10.7. The number of sulfone groups is 1. The molecule has 7 nitrogen and oxygen atoms in total. The van der Waals surface area contributed by atoms with Gasteiger partial charge in [-0.3, -0.25) is 4.79 Å². The molecule has 0 aromatic heterocycles. The second kappa shape index (κ2) is 7.19. The maximum atomic E-state index is 12.1. The maximum Gasteiger partial charge on any atom is 0.337 e. The molecule has 0 fully saturated rings. The molecule has 112 valence electrons. The van der Waals surface area contributed by atoms with Crippen molar-refractivity contribution in [3.8, 4) is 6.07 Å². The summed E-state index contributed by atoms with van der Waals surface area (Å²) in [6.07, 6.45) is 0.0586. The van der Waals surface area contributed by atoms with Crippen LogP contribution in [0.15, 0.2) is 27.6 Å². The normalized spacial score (nSPS) is 10.7. The number of nitrogens with one attached hydrogen (secondary N) is 1. The molecule has 0 atom stereocenters. The van der Waals surface area contributed by atoms with Crippen molar-refractivity contribution in [2.75, 3.05) is 12.3 Å². The summed E-state index contributed by atoms with van der Waals surface area (Å²) in [5.41, 5.74) is -0.400. The van der Waals surface area contributed by atoms with Crippen LogP contribution in [0, 0.1) is 11.3 Å². The first-order chi connectivity index (χ1) is 9.77. The minimum Gasteiger partial charge on any atom is -0.478 e. The summed E-state index contributed by atoms with van der Waals surface area (Å²) >= 11 is 3.06. The highest BCUT2D eigenvalue weighted by atomic mass is 79.9. The maximum absolute atomic E-state index is 12.1. The number of nitriles is 1. The Kier molecular flexibility index (Phi) is 5.87. The zero-order valence-corrected chi connectivity index (χ0v) is 13.1. The summed E-state index contributed by atoms with van der Waals surface area (Å²) in [5.74, 6) is -3.07. The van der Waals surface area contributed by atoms with E-state index in [1.807, 2.05) is 0 Å². The topological polar surface area (TPSA) is 124 Å². The van der Waals surface area contributed by atoms with E-state index in [0.29, 0.717) is 4.47 Å². The van der Waals surface area contributed by atoms with Gasteiger partial charge in [-0.05, 0) is 18.2 Å². The van der Waals surface area contributed by atoms with Gasteiger partial charge in [0.05, 0.1) is 22.9 Å². The molecule has 1 amide bonds. The monoisotopic (exact) mass is 374 g/mol. The van der Waals surface area contributed by atoms with Crippen LogP contribution >= 0.6 is 15.9 Å². The van der Waals surface area contributed by atoms with Crippen molar-refractivity contribution in [1.29, 1.82) is 5.26 Å². The lowest BCUT2D eigenvalue weighted by atomic mass is 10.2. The van der Waals surface area contributed by atoms with Gasteiger partial charge in [0.15, 0.2) is 9.84 Å². The molecule has 0 spiro atoms. The average molecular weight is 375 g/mol. The standard InChI is InChI=1S/C12H11BrN2O5S/c13-8-2-3-9(12(17)18)10(6-8)21(19,20)7-11(16)15-5-1-4-14/h2-3,6H,1,5,7H2,(H,15,16)(H,17,18). The Morgan fingerprint density at radius 1 is 1.38 bits per heavy atom. The van der Waals surface area contributed by atoms with Gasteiger partial charge in [0.1, 0.15) is 5.75 Å². The molecule has 0 aliphatic carbocycles. The summed E-state index contributed by atoms with van der Waals surface area (Å²) in [6.45, 7) is 0.0368. The van der Waals surface area contributed by atoms with Gasteiger partial charge >= 0.3 is 5.97 Å². The highest BCUT2D eigenvalue weighted by Crippen LogP contribution is 2.22. The summed E-state index contributed by atoms with van der Waals surface area (Å²) < 4.78 is 24.7. The van der Waals surface area contributed by atoms with Crippen LogP contribution in [0.5, 0.6) is 0 Å². The summed E-state index contributed by atoms with van der Waals surface area (Å²) in [5, 5.41) is 19.6. The Labute approximate surface area is 129 Å². The molecule has 0 aliphatic rings. The lowest BCUT2D eigenvalue weighted by Crippen LogP contribution is -2.31. The van der Waals surface area contributed by atoms with E-state index in [4.69, 9.17) is 10.4 Å². The van der Waals surface area contributed by atoms with Crippen LogP contribution in [0.4, 0.5) is 0 Å². The van der Waals surface area contributed by atoms with Crippen LogP contribution in [-0.4, -0.2) is 37.7 Å². The fourth-order valence-electron chi connectivity index (χ4n) is 1.49. The van der Waals surface area contributed by atoms with E-state index in [1.54, 1.807) is 6.07 Å². The smallest absolute Gasteiger partial charge is 0.337 e. The third-order valence-electron chi connectivity index (χ3n) is 2.39. The van der Waals surface area contributed by atoms with Crippen LogP contribution in [0.3, 0.4) is 0 Å². The number of amides is 1. The number of carbonyl (C=O) groups is 2. The molecular formula is C12H11BrN2O5S. The number of carbonyl (C=O) groups excluding carboxylic acids is 1. The zero-order chi connectivity index (χ0) is 16.0. The minimum atomic E-state index is -4.10. The SMILES string of the molecule is N#CCCNC(=O)CS(=O)(=O)c1cc(Br)ccc1C(=O)O. The van der Waals surface area contributed by atoms with E-state index in [1.165, 1.54) is 6.07 Å². The Balaban J connectivity index is 3.03. The highest BCUT2D eigenvalue weighted by molar-refractivity contribution is 9.10. The van der Waals surface area contributed by atoms with Crippen molar-refractivity contribution in [1.82, 2.24) is 5.32 Å². The fraction of sp³-hybridized carbons (Fsp3) is 0.250. The van der Waals surface area contributed by atoms with Crippen molar-refractivity contribution < 1.29 is 23.1 Å². The average Bonchev–Trinajstić information content (AvgIpc) is 2.38. The van der Waals surface area contributed by atoms with Crippen molar-refractivity contribution in [3.05, 3.63) is 28.2 Å². The van der Waals surface area contributed by atoms with Gasteiger partial charge < -0.3 is 10.4 Å². The van der Waals surface area contributed by atoms with Gasteiger partial charge in [0.2, 0.25) is 5.91 Å². The number of rotatable bonds is 6. The van der Waals surface area contributed by atoms with Crippen molar-refractivity contribution >= 4 is 37.6 Å². The number of aromatic carboxylic acids is 1. The van der Waals surface area contributed by atoms with Gasteiger partial charge in [0, 0.05) is 11.0 Å². The second-order valence-electron chi connectivity index (χ2n) is 3.96. The Bertz CT molecular complexity index is 709. The molecule has 0 saturated heterocycles. The molecule has 9 heteroatoms. The predicted octanol–water partition coefficient (Wildman–Crippen LogP) is 0.951. The predicted molar refractivity (Wildman–Crippen MR) is 76.4 cm³/mol. The van der Waals surface area contributed by atoms with Crippen LogP contribution < -0.4 is 5.32 Å². The van der Waals surface area contributed by atoms with Gasteiger partial charge in [-0.2, -0.15) is 5.26 Å². The lowest BCUT2D eigenvalue weighted by Gasteiger charge is -2.08. The molecule has 0 bridgehead atoms. The van der Waals surface area contributed by atoms with Crippen LogP contribution in [0.1, 0.15) is 16.8 Å². The molecular weight excluding hydrogens is 364 g/mol. The summed E-state index contributed by atoms with van der Waals surface area (Å²) in [4.78, 5) is 22.1. The third kappa shape index (κ3) is 4.84. The second-order valence-corrected chi connectivity index (χ2v) is 6.84. The Morgan fingerprint density at radius 3 is 2.62 bits per heavy atom. The first-order valence-electron chi connectivity index (χ1n) is 5.67. The number of halogens is 1. The molecule has 21 heavy (non-hydrogen) atoms. The van der Waals surface area contributed by atoms with Gasteiger partial charge in [0.25, 0.3) is 0 Å². The minimum absolute atomic E-state index is 0.0368. The van der Waals surface area contributed by atoms with Crippen molar-refractivity contribution in [2.24, 2.45) is 0 Å². The molecule has 0 saturated carbocycles. The first-order valence-corrected chi connectivity index (χ1v) is 8.11. The van der Waals surface area contributed by atoms with E-state index < -0.39 is 37.9 Å². The first kappa shape index (κ1) is 17.1. The highest BCUT2D eigenvalue weighted by Gasteiger charge is 2.25. The largest absolute Gasteiger partial charge is 0.478 e. The van der Waals surface area contributed by atoms with Crippen LogP contribution in [-0.2, 0) is 14.6 Å². The van der Waals surface area contributed by atoms with E-state index in [9.17, 15) is 18.0 Å². The van der Waals surface area contributed by atoms with Crippen molar-refractivity contribution in [2.45, 2.75) is 11.3 Å². The number of carboxylic acids is 1. The fourth-order valence-corrected chi connectivity index (χ4v) is 3.40. The number of nitrogens with zero attached hydrogens (tertiary/aromatic N) is 1. The molecule has 0 heterocycles.